The van der Waals surface area contributed by atoms with Gasteiger partial charge in [-0.1, -0.05) is 26.2 Å². The van der Waals surface area contributed by atoms with Crippen molar-refractivity contribution in [3.63, 3.8) is 0 Å². The molecule has 2 rings (SSSR count). The van der Waals surface area contributed by atoms with E-state index in [0.29, 0.717) is 18.3 Å². The van der Waals surface area contributed by atoms with Crippen LogP contribution >= 0.6 is 0 Å². The minimum atomic E-state index is -3.42. The number of aromatic nitrogens is 1. The van der Waals surface area contributed by atoms with E-state index in [-0.39, 0.29) is 4.90 Å². The van der Waals surface area contributed by atoms with Crippen molar-refractivity contribution in [2.75, 3.05) is 18.4 Å². The quantitative estimate of drug-likeness (QED) is 0.773. The van der Waals surface area contributed by atoms with Crippen LogP contribution in [0.2, 0.25) is 0 Å². The molecule has 20 heavy (non-hydrogen) atoms. The third kappa shape index (κ3) is 4.18. The van der Waals surface area contributed by atoms with Crippen LogP contribution in [0.25, 0.3) is 0 Å². The number of hydrogen-bond acceptors (Lipinski definition) is 4. The van der Waals surface area contributed by atoms with Gasteiger partial charge in [0.05, 0.1) is 0 Å². The SMILES string of the molecule is CCCNc1ccc(S(=O)(=O)NCCC2CCC2)cn1. The summed E-state index contributed by atoms with van der Waals surface area (Å²) in [6, 6.07) is 3.30. The van der Waals surface area contributed by atoms with Crippen LogP contribution in [-0.2, 0) is 10.0 Å². The number of sulfonamides is 1. The van der Waals surface area contributed by atoms with Gasteiger partial charge in [0.2, 0.25) is 10.0 Å². The summed E-state index contributed by atoms with van der Waals surface area (Å²) in [5.41, 5.74) is 0. The zero-order chi connectivity index (χ0) is 14.4. The lowest BCUT2D eigenvalue weighted by Crippen LogP contribution is -2.27. The smallest absolute Gasteiger partial charge is 0.242 e. The topological polar surface area (TPSA) is 71.1 Å². The van der Waals surface area contributed by atoms with Gasteiger partial charge in [0.1, 0.15) is 10.7 Å². The molecule has 6 heteroatoms. The second-order valence-electron chi connectivity index (χ2n) is 5.29. The molecule has 0 bridgehead atoms. The van der Waals surface area contributed by atoms with Gasteiger partial charge >= 0.3 is 0 Å². The Labute approximate surface area is 121 Å². The van der Waals surface area contributed by atoms with Crippen molar-refractivity contribution in [3.05, 3.63) is 18.3 Å². The molecule has 1 saturated carbocycles. The van der Waals surface area contributed by atoms with E-state index in [1.165, 1.54) is 25.5 Å². The maximum absolute atomic E-state index is 12.1. The predicted molar refractivity (Wildman–Crippen MR) is 80.2 cm³/mol. The highest BCUT2D eigenvalue weighted by Gasteiger charge is 2.19. The Kier molecular flexibility index (Phi) is 5.37. The van der Waals surface area contributed by atoms with Crippen LogP contribution in [0.3, 0.4) is 0 Å². The number of rotatable bonds is 8. The first kappa shape index (κ1) is 15.3. The van der Waals surface area contributed by atoms with Crippen LogP contribution in [-0.4, -0.2) is 26.5 Å². The van der Waals surface area contributed by atoms with E-state index in [4.69, 9.17) is 0 Å². The molecule has 1 aromatic heterocycles. The maximum atomic E-state index is 12.1. The Morgan fingerprint density at radius 2 is 2.10 bits per heavy atom. The molecule has 1 aliphatic rings. The lowest BCUT2D eigenvalue weighted by molar-refractivity contribution is 0.297. The minimum Gasteiger partial charge on any atom is -0.370 e. The molecule has 0 aromatic carbocycles. The van der Waals surface area contributed by atoms with Crippen molar-refractivity contribution in [1.82, 2.24) is 9.71 Å². The van der Waals surface area contributed by atoms with Crippen LogP contribution in [0.15, 0.2) is 23.2 Å². The van der Waals surface area contributed by atoms with Crippen LogP contribution < -0.4 is 10.0 Å². The molecule has 0 unspecified atom stereocenters. The summed E-state index contributed by atoms with van der Waals surface area (Å²) in [7, 11) is -3.42. The van der Waals surface area contributed by atoms with E-state index in [0.717, 1.165) is 19.4 Å². The highest BCUT2D eigenvalue weighted by Crippen LogP contribution is 2.28. The molecule has 1 fully saturated rings. The van der Waals surface area contributed by atoms with Crippen molar-refractivity contribution < 1.29 is 8.42 Å². The Hall–Kier alpha value is -1.14. The van der Waals surface area contributed by atoms with Gasteiger partial charge in [-0.3, -0.25) is 0 Å². The van der Waals surface area contributed by atoms with Crippen molar-refractivity contribution in [2.45, 2.75) is 43.9 Å². The Bertz CT molecular complexity index is 510. The molecule has 0 amide bonds. The lowest BCUT2D eigenvalue weighted by atomic mass is 9.83. The van der Waals surface area contributed by atoms with Gasteiger partial charge in [0.25, 0.3) is 0 Å². The summed E-state index contributed by atoms with van der Waals surface area (Å²) in [6.07, 6.45) is 7.10. The number of nitrogens with one attached hydrogen (secondary N) is 2. The minimum absolute atomic E-state index is 0.230. The van der Waals surface area contributed by atoms with Gasteiger partial charge in [-0.2, -0.15) is 0 Å². The van der Waals surface area contributed by atoms with Gasteiger partial charge in [-0.15, -0.1) is 0 Å². The van der Waals surface area contributed by atoms with Crippen molar-refractivity contribution in [2.24, 2.45) is 5.92 Å². The third-order valence-corrected chi connectivity index (χ3v) is 5.12. The lowest BCUT2D eigenvalue weighted by Gasteiger charge is -2.25. The molecule has 0 radical (unpaired) electrons. The van der Waals surface area contributed by atoms with E-state index in [1.807, 2.05) is 0 Å². The average Bonchev–Trinajstić information content (AvgIpc) is 2.40. The fourth-order valence-electron chi connectivity index (χ4n) is 2.16. The van der Waals surface area contributed by atoms with E-state index in [2.05, 4.69) is 21.9 Å². The molecule has 0 spiro atoms. The number of nitrogens with zero attached hydrogens (tertiary/aromatic N) is 1. The molecule has 0 atom stereocenters. The normalized spacial score (nSPS) is 15.8. The molecule has 1 aliphatic carbocycles. The molecular weight excluding hydrogens is 274 g/mol. The van der Waals surface area contributed by atoms with E-state index >= 15 is 0 Å². The zero-order valence-corrected chi connectivity index (χ0v) is 12.7. The highest BCUT2D eigenvalue weighted by molar-refractivity contribution is 7.89. The number of anilines is 1. The van der Waals surface area contributed by atoms with E-state index < -0.39 is 10.0 Å². The first-order chi connectivity index (χ1) is 9.62. The molecule has 0 saturated heterocycles. The summed E-state index contributed by atoms with van der Waals surface area (Å²) in [4.78, 5) is 4.35. The number of pyridine rings is 1. The van der Waals surface area contributed by atoms with Gasteiger partial charge in [-0.05, 0) is 30.9 Å². The molecule has 1 aromatic rings. The molecule has 1 heterocycles. The highest BCUT2D eigenvalue weighted by atomic mass is 32.2. The van der Waals surface area contributed by atoms with E-state index in [1.54, 1.807) is 12.1 Å². The van der Waals surface area contributed by atoms with Gasteiger partial charge in [0, 0.05) is 19.3 Å². The first-order valence-electron chi connectivity index (χ1n) is 7.31. The predicted octanol–water partition coefficient (Wildman–Crippen LogP) is 2.37. The number of hydrogen-bond donors (Lipinski definition) is 2. The Balaban J connectivity index is 1.87. The molecule has 0 aliphatic heterocycles. The summed E-state index contributed by atoms with van der Waals surface area (Å²) >= 11 is 0. The summed E-state index contributed by atoms with van der Waals surface area (Å²) < 4.78 is 26.8. The monoisotopic (exact) mass is 297 g/mol. The Morgan fingerprint density at radius 3 is 2.65 bits per heavy atom. The third-order valence-electron chi connectivity index (χ3n) is 3.67. The van der Waals surface area contributed by atoms with Crippen molar-refractivity contribution >= 4 is 15.8 Å². The fraction of sp³-hybridized carbons (Fsp3) is 0.643. The Morgan fingerprint density at radius 1 is 1.30 bits per heavy atom. The zero-order valence-electron chi connectivity index (χ0n) is 11.9. The van der Waals surface area contributed by atoms with Crippen LogP contribution in [0.1, 0.15) is 39.0 Å². The van der Waals surface area contributed by atoms with Gasteiger partial charge < -0.3 is 5.32 Å². The second kappa shape index (κ2) is 7.04. The van der Waals surface area contributed by atoms with Crippen LogP contribution in [0.5, 0.6) is 0 Å². The standard InChI is InChI=1S/C14H23N3O2S/c1-2-9-15-14-7-6-13(11-16-14)20(18,19)17-10-8-12-4-3-5-12/h6-7,11-12,17H,2-5,8-10H2,1H3,(H,15,16). The molecule has 112 valence electrons. The summed E-state index contributed by atoms with van der Waals surface area (Å²) in [5.74, 6) is 1.41. The van der Waals surface area contributed by atoms with Crippen molar-refractivity contribution in [3.8, 4) is 0 Å². The molecular formula is C14H23N3O2S. The maximum Gasteiger partial charge on any atom is 0.242 e. The average molecular weight is 297 g/mol. The van der Waals surface area contributed by atoms with Crippen LogP contribution in [0, 0.1) is 5.92 Å². The summed E-state index contributed by atoms with van der Waals surface area (Å²) in [5, 5.41) is 3.12. The molecule has 2 N–H and O–H groups in total. The van der Waals surface area contributed by atoms with Crippen molar-refractivity contribution in [1.29, 1.82) is 0 Å². The summed E-state index contributed by atoms with van der Waals surface area (Å²) in [6.45, 7) is 3.42. The van der Waals surface area contributed by atoms with Gasteiger partial charge in [0.15, 0.2) is 0 Å². The second-order valence-corrected chi connectivity index (χ2v) is 7.06. The first-order valence-corrected chi connectivity index (χ1v) is 8.79. The molecule has 5 nitrogen and oxygen atoms in total. The fourth-order valence-corrected chi connectivity index (χ4v) is 3.15. The van der Waals surface area contributed by atoms with Gasteiger partial charge in [-0.25, -0.2) is 18.1 Å². The largest absolute Gasteiger partial charge is 0.370 e. The van der Waals surface area contributed by atoms with Crippen LogP contribution in [0.4, 0.5) is 5.82 Å². The van der Waals surface area contributed by atoms with E-state index in [9.17, 15) is 8.42 Å².